The lowest BCUT2D eigenvalue weighted by molar-refractivity contribution is -0.139. The van der Waals surface area contributed by atoms with Crippen molar-refractivity contribution in [3.05, 3.63) is 63.7 Å². The van der Waals surface area contributed by atoms with Crippen molar-refractivity contribution in [2.75, 3.05) is 20.8 Å². The first-order chi connectivity index (χ1) is 15.7. The van der Waals surface area contributed by atoms with E-state index in [-0.39, 0.29) is 22.6 Å². The van der Waals surface area contributed by atoms with Crippen molar-refractivity contribution < 1.29 is 24.2 Å². The van der Waals surface area contributed by atoms with Gasteiger partial charge in [-0.1, -0.05) is 63.1 Å². The lowest BCUT2D eigenvalue weighted by Crippen LogP contribution is -2.30. The molecular formula is C26H30ClNO5. The van der Waals surface area contributed by atoms with E-state index in [1.54, 1.807) is 4.90 Å². The number of aliphatic hydroxyl groups is 1. The fourth-order valence-electron chi connectivity index (χ4n) is 4.04. The van der Waals surface area contributed by atoms with Crippen molar-refractivity contribution in [1.82, 2.24) is 4.90 Å². The molecule has 0 radical (unpaired) electrons. The molecule has 6 nitrogen and oxygen atoms in total. The summed E-state index contributed by atoms with van der Waals surface area (Å²) in [6, 6.07) is 10.1. The van der Waals surface area contributed by atoms with Crippen LogP contribution in [0, 0.1) is 0 Å². The van der Waals surface area contributed by atoms with Gasteiger partial charge in [-0.3, -0.25) is 9.59 Å². The third-order valence-electron chi connectivity index (χ3n) is 5.94. The summed E-state index contributed by atoms with van der Waals surface area (Å²) in [5, 5.41) is 11.7. The first kappa shape index (κ1) is 24.6. The van der Waals surface area contributed by atoms with E-state index in [1.807, 2.05) is 31.2 Å². The molecule has 7 heteroatoms. The monoisotopic (exact) mass is 471 g/mol. The molecule has 1 aliphatic rings. The number of aliphatic hydroxyl groups excluding tert-OH is 1. The molecule has 0 spiro atoms. The number of Topliss-reactive ketones (excluding diaryl/α,β-unsaturated/α-hetero) is 1. The third-order valence-corrected chi connectivity index (χ3v) is 6.24. The largest absolute Gasteiger partial charge is 0.507 e. The first-order valence-electron chi connectivity index (χ1n) is 11.0. The van der Waals surface area contributed by atoms with Gasteiger partial charge in [0.1, 0.15) is 17.3 Å². The van der Waals surface area contributed by atoms with Crippen molar-refractivity contribution in [2.24, 2.45) is 0 Å². The van der Waals surface area contributed by atoms with Crippen LogP contribution in [0.4, 0.5) is 0 Å². The fraction of sp³-hybridized carbons (Fsp3) is 0.385. The molecule has 1 amide bonds. The molecule has 176 valence electrons. The van der Waals surface area contributed by atoms with Crippen molar-refractivity contribution in [1.29, 1.82) is 0 Å². The second-order valence-corrected chi connectivity index (χ2v) is 8.76. The van der Waals surface area contributed by atoms with Gasteiger partial charge >= 0.3 is 0 Å². The normalized spacial score (nSPS) is 17.7. The summed E-state index contributed by atoms with van der Waals surface area (Å²) in [4.78, 5) is 27.7. The Hall–Kier alpha value is -2.99. The Labute approximate surface area is 199 Å². The maximum atomic E-state index is 13.2. The summed E-state index contributed by atoms with van der Waals surface area (Å²) in [6.45, 7) is 6.63. The Balaban J connectivity index is 2.23. The zero-order valence-corrected chi connectivity index (χ0v) is 20.4. The second kappa shape index (κ2) is 10.3. The van der Waals surface area contributed by atoms with Gasteiger partial charge in [0, 0.05) is 12.6 Å². The van der Waals surface area contributed by atoms with Crippen LogP contribution in [0.1, 0.15) is 62.3 Å². The Morgan fingerprint density at radius 1 is 1.09 bits per heavy atom. The van der Waals surface area contributed by atoms with Gasteiger partial charge in [0.05, 0.1) is 36.4 Å². The van der Waals surface area contributed by atoms with Gasteiger partial charge in [-0.2, -0.15) is 0 Å². The van der Waals surface area contributed by atoms with Crippen LogP contribution >= 0.6 is 11.6 Å². The van der Waals surface area contributed by atoms with Crippen LogP contribution in [-0.2, 0) is 9.59 Å². The molecule has 1 saturated heterocycles. The second-order valence-electron chi connectivity index (χ2n) is 8.35. The molecule has 0 saturated carbocycles. The number of unbranched alkanes of at least 4 members (excludes halogenated alkanes) is 1. The van der Waals surface area contributed by atoms with E-state index in [4.69, 9.17) is 21.1 Å². The predicted octanol–water partition coefficient (Wildman–Crippen LogP) is 5.70. The van der Waals surface area contributed by atoms with Crippen LogP contribution in [0.25, 0.3) is 5.76 Å². The maximum absolute atomic E-state index is 13.2. The van der Waals surface area contributed by atoms with Gasteiger partial charge in [-0.25, -0.2) is 0 Å². The summed E-state index contributed by atoms with van der Waals surface area (Å²) in [5.74, 6) is -0.738. The lowest BCUT2D eigenvalue weighted by atomic mass is 9.93. The van der Waals surface area contributed by atoms with Gasteiger partial charge in [-0.15, -0.1) is 0 Å². The van der Waals surface area contributed by atoms with Crippen molar-refractivity contribution in [2.45, 2.75) is 45.6 Å². The number of carbonyl (C=O) groups excluding carboxylic acids is 2. The number of hydrogen-bond donors (Lipinski definition) is 1. The van der Waals surface area contributed by atoms with Gasteiger partial charge in [0.2, 0.25) is 0 Å². The third kappa shape index (κ3) is 4.71. The van der Waals surface area contributed by atoms with Crippen LogP contribution < -0.4 is 9.47 Å². The highest BCUT2D eigenvalue weighted by molar-refractivity contribution is 6.46. The molecule has 1 atom stereocenters. The van der Waals surface area contributed by atoms with Crippen molar-refractivity contribution in [3.63, 3.8) is 0 Å². The van der Waals surface area contributed by atoms with E-state index in [2.05, 4.69) is 13.8 Å². The minimum absolute atomic E-state index is 0.0241. The number of hydrogen-bond acceptors (Lipinski definition) is 5. The average Bonchev–Trinajstić information content (AvgIpc) is 3.06. The van der Waals surface area contributed by atoms with E-state index in [9.17, 15) is 14.7 Å². The Kier molecular flexibility index (Phi) is 7.69. The molecule has 1 unspecified atom stereocenters. The smallest absolute Gasteiger partial charge is 0.295 e. The minimum Gasteiger partial charge on any atom is -0.507 e. The van der Waals surface area contributed by atoms with Gasteiger partial charge in [-0.05, 0) is 29.5 Å². The first-order valence-corrected chi connectivity index (χ1v) is 11.4. The summed E-state index contributed by atoms with van der Waals surface area (Å²) in [6.07, 6.45) is 1.61. The Morgan fingerprint density at radius 3 is 2.27 bits per heavy atom. The quantitative estimate of drug-likeness (QED) is 0.303. The maximum Gasteiger partial charge on any atom is 0.295 e. The number of amides is 1. The highest BCUT2D eigenvalue weighted by atomic mass is 35.5. The molecular weight excluding hydrogens is 442 g/mol. The van der Waals surface area contributed by atoms with Crippen molar-refractivity contribution >= 4 is 29.1 Å². The standard InChI is InChI=1S/C26H30ClNO5/c1-6-7-12-28-23(17-10-8-16(9-11-17)15(2)3)22(25(30)26(28)31)24(29)18-13-21(33-5)19(27)14-20(18)32-4/h8-11,13-15,23,29H,6-7,12H2,1-5H3/b24-22+. The molecule has 0 aliphatic carbocycles. The number of likely N-dealkylation sites (tertiary alicyclic amines) is 1. The highest BCUT2D eigenvalue weighted by Crippen LogP contribution is 2.43. The summed E-state index contributed by atoms with van der Waals surface area (Å²) in [7, 11) is 2.90. The number of ether oxygens (including phenoxy) is 2. The van der Waals surface area contributed by atoms with Gasteiger partial charge < -0.3 is 19.5 Å². The van der Waals surface area contributed by atoms with Crippen LogP contribution in [0.2, 0.25) is 5.02 Å². The minimum atomic E-state index is -0.725. The fourth-order valence-corrected chi connectivity index (χ4v) is 4.27. The van der Waals surface area contributed by atoms with E-state index < -0.39 is 17.7 Å². The number of halogens is 1. The van der Waals surface area contributed by atoms with Crippen LogP contribution in [-0.4, -0.2) is 42.5 Å². The van der Waals surface area contributed by atoms with E-state index in [0.29, 0.717) is 23.2 Å². The Morgan fingerprint density at radius 2 is 1.73 bits per heavy atom. The van der Waals surface area contributed by atoms with Gasteiger partial charge in [0.25, 0.3) is 11.7 Å². The molecule has 3 rings (SSSR count). The topological polar surface area (TPSA) is 76.1 Å². The van der Waals surface area contributed by atoms with Crippen molar-refractivity contribution in [3.8, 4) is 11.5 Å². The average molecular weight is 472 g/mol. The number of ketones is 1. The van der Waals surface area contributed by atoms with Crippen LogP contribution in [0.3, 0.4) is 0 Å². The molecule has 1 N–H and O–H groups in total. The van der Waals surface area contributed by atoms with E-state index in [1.165, 1.54) is 26.4 Å². The van der Waals surface area contributed by atoms with Gasteiger partial charge in [0.15, 0.2) is 0 Å². The number of benzene rings is 2. The molecule has 0 bridgehead atoms. The molecule has 2 aromatic carbocycles. The molecule has 0 aromatic heterocycles. The summed E-state index contributed by atoms with van der Waals surface area (Å²) >= 11 is 6.21. The number of methoxy groups -OCH3 is 2. The van der Waals surface area contributed by atoms with E-state index >= 15 is 0 Å². The number of nitrogens with zero attached hydrogens (tertiary/aromatic N) is 1. The summed E-state index contributed by atoms with van der Waals surface area (Å²) in [5.41, 5.74) is 2.16. The predicted molar refractivity (Wildman–Crippen MR) is 129 cm³/mol. The van der Waals surface area contributed by atoms with Crippen LogP contribution in [0.5, 0.6) is 11.5 Å². The number of carbonyl (C=O) groups is 2. The molecule has 2 aromatic rings. The molecule has 1 fully saturated rings. The highest BCUT2D eigenvalue weighted by Gasteiger charge is 2.46. The summed E-state index contributed by atoms with van der Waals surface area (Å²) < 4.78 is 10.7. The molecule has 1 aliphatic heterocycles. The zero-order chi connectivity index (χ0) is 24.3. The molecule has 1 heterocycles. The SMILES string of the molecule is CCCCN1C(=O)C(=O)/C(=C(/O)c2cc(OC)c(Cl)cc2OC)C1c1ccc(C(C)C)cc1. The van der Waals surface area contributed by atoms with E-state index in [0.717, 1.165) is 24.0 Å². The number of rotatable bonds is 8. The molecule has 33 heavy (non-hydrogen) atoms. The zero-order valence-electron chi connectivity index (χ0n) is 19.6. The van der Waals surface area contributed by atoms with Crippen LogP contribution in [0.15, 0.2) is 42.0 Å². The lowest BCUT2D eigenvalue weighted by Gasteiger charge is -2.25. The Bertz CT molecular complexity index is 1070.